The predicted molar refractivity (Wildman–Crippen MR) is 91.2 cm³/mol. The molecule has 0 fully saturated rings. The number of fused-ring (bicyclic) bond motifs is 2. The third-order valence-corrected chi connectivity index (χ3v) is 4.55. The van der Waals surface area contributed by atoms with Crippen molar-refractivity contribution in [1.29, 1.82) is 0 Å². The lowest BCUT2D eigenvalue weighted by Crippen LogP contribution is -2.25. The summed E-state index contributed by atoms with van der Waals surface area (Å²) in [5.74, 6) is 2.21. The van der Waals surface area contributed by atoms with Gasteiger partial charge in [-0.2, -0.15) is 0 Å². The van der Waals surface area contributed by atoms with Crippen LogP contribution in [0.4, 0.5) is 5.69 Å². The average molecular weight is 311 g/mol. The molecule has 0 atom stereocenters. The first kappa shape index (κ1) is 14.7. The number of ether oxygens (including phenoxy) is 1. The molecule has 2 aromatic rings. The maximum atomic E-state index is 12.7. The van der Waals surface area contributed by atoms with E-state index >= 15 is 0 Å². The van der Waals surface area contributed by atoms with E-state index in [2.05, 4.69) is 6.58 Å². The molecule has 3 rings (SSSR count). The van der Waals surface area contributed by atoms with Crippen LogP contribution in [0.15, 0.2) is 60.0 Å². The quantitative estimate of drug-likeness (QED) is 0.464. The van der Waals surface area contributed by atoms with E-state index in [1.165, 1.54) is 0 Å². The summed E-state index contributed by atoms with van der Waals surface area (Å²) < 4.78 is 5.94. The number of hydrogen-bond acceptors (Lipinski definition) is 3. The Bertz CT molecular complexity index is 727. The molecule has 0 saturated carbocycles. The Morgan fingerprint density at radius 3 is 2.86 bits per heavy atom. The minimum Gasteiger partial charge on any atom is -0.454 e. The van der Waals surface area contributed by atoms with E-state index in [-0.39, 0.29) is 5.91 Å². The van der Waals surface area contributed by atoms with E-state index in [4.69, 9.17) is 4.74 Å². The Labute approximate surface area is 134 Å². The zero-order valence-corrected chi connectivity index (χ0v) is 13.2. The smallest absolute Gasteiger partial charge is 0.261 e. The number of hydrogen-bond donors (Lipinski definition) is 0. The number of carbonyl (C=O) groups is 1. The highest BCUT2D eigenvalue weighted by molar-refractivity contribution is 7.99. The van der Waals surface area contributed by atoms with Crippen LogP contribution in [-0.2, 0) is 0 Å². The van der Waals surface area contributed by atoms with Gasteiger partial charge in [-0.1, -0.05) is 18.2 Å². The summed E-state index contributed by atoms with van der Waals surface area (Å²) in [5, 5.41) is 0. The van der Waals surface area contributed by atoms with Gasteiger partial charge >= 0.3 is 0 Å². The number of thioether (sulfide) groups is 1. The van der Waals surface area contributed by atoms with Crippen molar-refractivity contribution in [2.24, 2.45) is 0 Å². The first-order valence-corrected chi connectivity index (χ1v) is 8.12. The molecule has 3 nitrogen and oxygen atoms in total. The van der Waals surface area contributed by atoms with E-state index in [1.54, 1.807) is 23.7 Å². The van der Waals surface area contributed by atoms with Crippen LogP contribution in [0.5, 0.6) is 11.5 Å². The van der Waals surface area contributed by atoms with E-state index < -0.39 is 0 Å². The van der Waals surface area contributed by atoms with E-state index in [0.717, 1.165) is 22.8 Å². The van der Waals surface area contributed by atoms with Crippen molar-refractivity contribution in [1.82, 2.24) is 0 Å². The van der Waals surface area contributed by atoms with Crippen LogP contribution in [0.3, 0.4) is 0 Å². The topological polar surface area (TPSA) is 29.5 Å². The van der Waals surface area contributed by atoms with Crippen LogP contribution in [0.25, 0.3) is 0 Å². The molecule has 0 unspecified atom stereocenters. The molecule has 0 aromatic heterocycles. The Balaban J connectivity index is 1.97. The van der Waals surface area contributed by atoms with Gasteiger partial charge in [0.05, 0.1) is 11.3 Å². The maximum absolute atomic E-state index is 12.7. The Hall–Kier alpha value is -2.20. The van der Waals surface area contributed by atoms with E-state index in [9.17, 15) is 4.79 Å². The molecule has 0 saturated heterocycles. The van der Waals surface area contributed by atoms with Crippen molar-refractivity contribution in [2.75, 3.05) is 17.7 Å². The van der Waals surface area contributed by atoms with Crippen molar-refractivity contribution in [3.05, 3.63) is 60.7 Å². The van der Waals surface area contributed by atoms with Crippen LogP contribution in [0, 0.1) is 0 Å². The van der Waals surface area contributed by atoms with Crippen LogP contribution >= 0.6 is 11.8 Å². The Morgan fingerprint density at radius 1 is 1.23 bits per heavy atom. The highest BCUT2D eigenvalue weighted by Gasteiger charge is 2.25. The van der Waals surface area contributed by atoms with Gasteiger partial charge in [-0.25, -0.2) is 0 Å². The lowest BCUT2D eigenvalue weighted by Gasteiger charge is -2.15. The van der Waals surface area contributed by atoms with Crippen LogP contribution in [0.2, 0.25) is 0 Å². The minimum absolute atomic E-state index is 0.0499. The number of benzene rings is 2. The van der Waals surface area contributed by atoms with Crippen molar-refractivity contribution >= 4 is 23.4 Å². The molecule has 0 bridgehead atoms. The zero-order valence-electron chi connectivity index (χ0n) is 12.4. The number of carbonyl (C=O) groups excluding carboxylic acids is 1. The normalized spacial score (nSPS) is 13.0. The number of para-hydroxylation sites is 2. The second-order valence-corrected chi connectivity index (χ2v) is 6.19. The van der Waals surface area contributed by atoms with Crippen molar-refractivity contribution < 1.29 is 9.53 Å². The first-order valence-electron chi connectivity index (χ1n) is 7.13. The summed E-state index contributed by atoms with van der Waals surface area (Å²) in [5.41, 5.74) is 1.38. The molecular weight excluding hydrogens is 294 g/mol. The summed E-state index contributed by atoms with van der Waals surface area (Å²) in [6.07, 6.45) is 2.84. The van der Waals surface area contributed by atoms with Crippen LogP contribution in [0.1, 0.15) is 16.8 Å². The molecule has 0 aliphatic carbocycles. The van der Waals surface area contributed by atoms with Crippen LogP contribution in [-0.4, -0.2) is 18.7 Å². The van der Waals surface area contributed by atoms with Crippen LogP contribution < -0.4 is 9.64 Å². The SMILES string of the molecule is C=CCCSc1ccc2c(c1)C(=O)N(C)c1ccccc1O2. The molecule has 0 N–H and O–H groups in total. The summed E-state index contributed by atoms with van der Waals surface area (Å²) in [6, 6.07) is 13.3. The summed E-state index contributed by atoms with van der Waals surface area (Å²) in [6.45, 7) is 3.73. The number of nitrogens with zero attached hydrogens (tertiary/aromatic N) is 1. The standard InChI is InChI=1S/C18H17NO2S/c1-3-4-11-22-13-9-10-16-14(12-13)18(20)19(2)15-7-5-6-8-17(15)21-16/h3,5-10,12H,1,4,11H2,2H3. The molecule has 22 heavy (non-hydrogen) atoms. The number of allylic oxidation sites excluding steroid dienone is 1. The highest BCUT2D eigenvalue weighted by atomic mass is 32.2. The lowest BCUT2D eigenvalue weighted by molar-refractivity contribution is 0.0993. The van der Waals surface area contributed by atoms with Gasteiger partial charge in [-0.05, 0) is 36.8 Å². The van der Waals surface area contributed by atoms with Crippen molar-refractivity contribution in [3.8, 4) is 11.5 Å². The number of anilines is 1. The van der Waals surface area contributed by atoms with Gasteiger partial charge in [0.25, 0.3) is 5.91 Å². The lowest BCUT2D eigenvalue weighted by atomic mass is 10.2. The van der Waals surface area contributed by atoms with Gasteiger partial charge in [-0.3, -0.25) is 4.79 Å². The summed E-state index contributed by atoms with van der Waals surface area (Å²) in [7, 11) is 1.77. The van der Waals surface area contributed by atoms with Gasteiger partial charge in [-0.15, -0.1) is 18.3 Å². The van der Waals surface area contributed by atoms with Gasteiger partial charge in [0.15, 0.2) is 5.75 Å². The molecule has 1 amide bonds. The fourth-order valence-electron chi connectivity index (χ4n) is 2.34. The molecule has 1 aliphatic heterocycles. The maximum Gasteiger partial charge on any atom is 0.261 e. The van der Waals surface area contributed by atoms with E-state index in [1.807, 2.05) is 48.5 Å². The van der Waals surface area contributed by atoms with Gasteiger partial charge in [0.2, 0.25) is 0 Å². The van der Waals surface area contributed by atoms with Gasteiger partial charge in [0, 0.05) is 17.7 Å². The monoisotopic (exact) mass is 311 g/mol. The van der Waals surface area contributed by atoms with Gasteiger partial charge in [0.1, 0.15) is 5.75 Å². The third kappa shape index (κ3) is 2.74. The molecule has 1 heterocycles. The Morgan fingerprint density at radius 2 is 2.05 bits per heavy atom. The molecular formula is C18H17NO2S. The number of amides is 1. The van der Waals surface area contributed by atoms with E-state index in [0.29, 0.717) is 17.1 Å². The molecule has 2 aromatic carbocycles. The van der Waals surface area contributed by atoms with Crippen molar-refractivity contribution in [3.63, 3.8) is 0 Å². The zero-order chi connectivity index (χ0) is 15.5. The molecule has 0 spiro atoms. The molecule has 1 aliphatic rings. The molecule has 0 radical (unpaired) electrons. The third-order valence-electron chi connectivity index (χ3n) is 3.52. The first-order chi connectivity index (χ1) is 10.7. The highest BCUT2D eigenvalue weighted by Crippen LogP contribution is 2.39. The largest absolute Gasteiger partial charge is 0.454 e. The average Bonchev–Trinajstić information content (AvgIpc) is 2.65. The Kier molecular flexibility index (Phi) is 4.20. The summed E-state index contributed by atoms with van der Waals surface area (Å²) in [4.78, 5) is 15.4. The molecule has 4 heteroatoms. The predicted octanol–water partition coefficient (Wildman–Crippen LogP) is 4.74. The summed E-state index contributed by atoms with van der Waals surface area (Å²) >= 11 is 1.71. The number of rotatable bonds is 4. The van der Waals surface area contributed by atoms with Gasteiger partial charge < -0.3 is 9.64 Å². The second kappa shape index (κ2) is 6.28. The van der Waals surface area contributed by atoms with Crippen molar-refractivity contribution in [2.45, 2.75) is 11.3 Å². The fourth-order valence-corrected chi connectivity index (χ4v) is 3.23. The minimum atomic E-state index is -0.0499. The fraction of sp³-hybridized carbons (Fsp3) is 0.167. The second-order valence-electron chi connectivity index (χ2n) is 5.02. The molecule has 112 valence electrons.